The number of aromatic nitrogens is 1. The van der Waals surface area contributed by atoms with E-state index in [9.17, 15) is 24.4 Å². The van der Waals surface area contributed by atoms with E-state index in [1.165, 1.54) is 0 Å². The summed E-state index contributed by atoms with van der Waals surface area (Å²) in [7, 11) is 1.56. The van der Waals surface area contributed by atoms with E-state index < -0.39 is 41.1 Å². The summed E-state index contributed by atoms with van der Waals surface area (Å²) < 4.78 is 5.37. The van der Waals surface area contributed by atoms with Gasteiger partial charge in [0, 0.05) is 16.8 Å². The lowest BCUT2D eigenvalue weighted by atomic mass is 9.71. The summed E-state index contributed by atoms with van der Waals surface area (Å²) in [4.78, 5) is 54.4. The first-order valence-corrected chi connectivity index (χ1v) is 12.4. The summed E-state index contributed by atoms with van der Waals surface area (Å²) in [6.07, 6.45) is 3.33. The number of H-pyrrole nitrogens is 1. The second-order valence-electron chi connectivity index (χ2n) is 10.6. The number of methoxy groups -OCH3 is 1. The molecule has 10 nitrogen and oxygen atoms in total. The Bertz CT molecular complexity index is 1340. The molecule has 36 heavy (non-hydrogen) atoms. The van der Waals surface area contributed by atoms with Gasteiger partial charge in [0.15, 0.2) is 0 Å². The average molecular weight is 490 g/mol. The van der Waals surface area contributed by atoms with Crippen LogP contribution >= 0.6 is 0 Å². The third-order valence-electron chi connectivity index (χ3n) is 8.48. The molecule has 2 heterocycles. The van der Waals surface area contributed by atoms with Crippen molar-refractivity contribution in [3.63, 3.8) is 0 Å². The maximum atomic E-state index is 13.5. The van der Waals surface area contributed by atoms with Crippen molar-refractivity contribution in [1.82, 2.24) is 20.9 Å². The Morgan fingerprint density at radius 2 is 2.03 bits per heavy atom. The van der Waals surface area contributed by atoms with E-state index in [1.807, 2.05) is 12.1 Å². The van der Waals surface area contributed by atoms with Gasteiger partial charge in [-0.3, -0.25) is 24.5 Å². The van der Waals surface area contributed by atoms with Crippen molar-refractivity contribution >= 4 is 34.5 Å². The van der Waals surface area contributed by atoms with Gasteiger partial charge in [0.25, 0.3) is 5.91 Å². The Morgan fingerprint density at radius 1 is 1.25 bits per heavy atom. The van der Waals surface area contributed by atoms with Crippen molar-refractivity contribution in [2.75, 3.05) is 7.11 Å². The summed E-state index contributed by atoms with van der Waals surface area (Å²) >= 11 is 0. The van der Waals surface area contributed by atoms with Gasteiger partial charge in [0.2, 0.25) is 17.7 Å². The van der Waals surface area contributed by atoms with Gasteiger partial charge >= 0.3 is 0 Å². The summed E-state index contributed by atoms with van der Waals surface area (Å²) in [6, 6.07) is 8.61. The zero-order chi connectivity index (χ0) is 25.2. The summed E-state index contributed by atoms with van der Waals surface area (Å²) in [5, 5.41) is 19.1. The molecule has 1 aromatic heterocycles. The van der Waals surface area contributed by atoms with Crippen LogP contribution in [0.15, 0.2) is 24.3 Å². The van der Waals surface area contributed by atoms with Crippen molar-refractivity contribution in [3.05, 3.63) is 30.0 Å². The molecular weight excluding hydrogens is 462 g/mol. The highest BCUT2D eigenvalue weighted by molar-refractivity contribution is 6.06. The topological polar surface area (TPSA) is 153 Å². The van der Waals surface area contributed by atoms with Crippen molar-refractivity contribution in [2.24, 2.45) is 29.6 Å². The van der Waals surface area contributed by atoms with Crippen LogP contribution < -0.4 is 20.7 Å². The largest absolute Gasteiger partial charge is 0.496 e. The van der Waals surface area contributed by atoms with Crippen LogP contribution in [0.2, 0.25) is 0 Å². The van der Waals surface area contributed by atoms with Crippen molar-refractivity contribution < 1.29 is 23.9 Å². The summed E-state index contributed by atoms with van der Waals surface area (Å²) in [5.41, 5.74) is -0.180. The number of hydrogen-bond acceptors (Lipinski definition) is 6. The number of rotatable bonds is 7. The molecule has 3 saturated carbocycles. The third kappa shape index (κ3) is 3.45. The number of nitrogens with zero attached hydrogens (tertiary/aromatic N) is 1. The molecule has 186 valence electrons. The molecule has 3 aliphatic carbocycles. The predicted molar refractivity (Wildman–Crippen MR) is 126 cm³/mol. The van der Waals surface area contributed by atoms with Gasteiger partial charge in [-0.1, -0.05) is 18.9 Å². The molecule has 6 rings (SSSR count). The van der Waals surface area contributed by atoms with Gasteiger partial charge in [0.1, 0.15) is 23.0 Å². The molecule has 2 bridgehead atoms. The van der Waals surface area contributed by atoms with E-state index in [1.54, 1.807) is 19.2 Å². The van der Waals surface area contributed by atoms with E-state index in [0.29, 0.717) is 36.6 Å². The first-order valence-electron chi connectivity index (χ1n) is 12.4. The first-order chi connectivity index (χ1) is 17.3. The van der Waals surface area contributed by atoms with Crippen LogP contribution in [0.4, 0.5) is 0 Å². The van der Waals surface area contributed by atoms with Crippen LogP contribution in [0, 0.1) is 40.9 Å². The number of imide groups is 1. The Balaban J connectivity index is 1.22. The van der Waals surface area contributed by atoms with Crippen LogP contribution in [-0.4, -0.2) is 47.3 Å². The summed E-state index contributed by atoms with van der Waals surface area (Å²) in [6.45, 7) is 0. The highest BCUT2D eigenvalue weighted by atomic mass is 16.5. The van der Waals surface area contributed by atoms with E-state index in [2.05, 4.69) is 27.0 Å². The number of nitriles is 1. The molecule has 0 radical (unpaired) electrons. The molecule has 4 fully saturated rings. The highest BCUT2D eigenvalue weighted by Crippen LogP contribution is 2.58. The molecule has 4 aliphatic rings. The minimum atomic E-state index is -1.23. The Morgan fingerprint density at radius 3 is 2.75 bits per heavy atom. The zero-order valence-corrected chi connectivity index (χ0v) is 19.8. The minimum Gasteiger partial charge on any atom is -0.496 e. The Kier molecular flexibility index (Phi) is 5.07. The Labute approximate surface area is 207 Å². The number of nitrogens with one attached hydrogen (secondary N) is 4. The van der Waals surface area contributed by atoms with E-state index in [-0.39, 0.29) is 17.7 Å². The number of amides is 4. The van der Waals surface area contributed by atoms with Crippen LogP contribution in [0.25, 0.3) is 10.9 Å². The van der Waals surface area contributed by atoms with Crippen molar-refractivity contribution in [3.8, 4) is 11.8 Å². The third-order valence-corrected chi connectivity index (χ3v) is 8.48. The Hall–Kier alpha value is -3.87. The number of fused-ring (bicyclic) bond motifs is 6. The van der Waals surface area contributed by atoms with E-state index in [4.69, 9.17) is 4.74 Å². The maximum absolute atomic E-state index is 13.5. The van der Waals surface area contributed by atoms with E-state index in [0.717, 1.165) is 23.7 Å². The normalized spacial score (nSPS) is 31.0. The van der Waals surface area contributed by atoms with Crippen LogP contribution in [0.3, 0.4) is 0 Å². The molecule has 4 amide bonds. The van der Waals surface area contributed by atoms with Crippen LogP contribution in [0.1, 0.15) is 42.6 Å². The van der Waals surface area contributed by atoms with Crippen LogP contribution in [-0.2, 0) is 14.4 Å². The van der Waals surface area contributed by atoms with Gasteiger partial charge in [-0.2, -0.15) is 5.26 Å². The van der Waals surface area contributed by atoms with Gasteiger partial charge in [-0.05, 0) is 49.3 Å². The molecule has 1 aliphatic heterocycles. The lowest BCUT2D eigenvalue weighted by Crippen LogP contribution is -2.59. The first kappa shape index (κ1) is 22.6. The van der Waals surface area contributed by atoms with E-state index >= 15 is 0 Å². The molecule has 6 atom stereocenters. The van der Waals surface area contributed by atoms with Gasteiger partial charge < -0.3 is 20.4 Å². The standard InChI is InChI=1S/C26H27N5O5/c1-36-19-4-2-3-16-14(19)9-18(28-16)22(32)29-17(7-12-5-6-12)23(33)31-26(11-27)10-13-8-15(26)21-20(13)24(34)30-25(21)35/h2-4,9,12-13,15,17,20-21,28H,5-8,10H2,1H3,(H,29,32)(H,31,33)(H,30,34,35)/t13-,15-,17?,20+,21-,26?/m1/s1. The maximum Gasteiger partial charge on any atom is 0.268 e. The SMILES string of the molecule is COc1cccc2[nH]c(C(=O)NC(CC3CC3)C(=O)NC3(C#N)C[C@H]4C[C@@H]3[C@H]3C(=O)NC(=O)[C@@H]43)cc12. The number of carbonyl (C=O) groups excluding carboxylic acids is 4. The fourth-order valence-electron chi connectivity index (χ4n) is 6.65. The molecule has 2 unspecified atom stereocenters. The number of carbonyl (C=O) groups is 4. The van der Waals surface area contributed by atoms with Crippen molar-refractivity contribution in [1.29, 1.82) is 5.26 Å². The van der Waals surface area contributed by atoms with Gasteiger partial charge in [0.05, 0.1) is 25.0 Å². The smallest absolute Gasteiger partial charge is 0.268 e. The number of benzene rings is 1. The lowest BCUT2D eigenvalue weighted by molar-refractivity contribution is -0.129. The second-order valence-corrected chi connectivity index (χ2v) is 10.6. The fraction of sp³-hybridized carbons (Fsp3) is 0.500. The number of aromatic amines is 1. The number of hydrogen-bond donors (Lipinski definition) is 4. The summed E-state index contributed by atoms with van der Waals surface area (Å²) in [5.74, 6) is -2.06. The molecule has 1 aromatic carbocycles. The molecule has 0 spiro atoms. The quantitative estimate of drug-likeness (QED) is 0.431. The predicted octanol–water partition coefficient (Wildman–Crippen LogP) is 1.38. The second kappa shape index (κ2) is 8.08. The zero-order valence-electron chi connectivity index (χ0n) is 19.8. The molecule has 10 heteroatoms. The molecule has 4 N–H and O–H groups in total. The fourth-order valence-corrected chi connectivity index (χ4v) is 6.65. The highest BCUT2D eigenvalue weighted by Gasteiger charge is 2.67. The molecule has 1 saturated heterocycles. The lowest BCUT2D eigenvalue weighted by Gasteiger charge is -2.37. The minimum absolute atomic E-state index is 0.121. The van der Waals surface area contributed by atoms with Gasteiger partial charge in [-0.15, -0.1) is 0 Å². The average Bonchev–Trinajstić information content (AvgIpc) is 3.19. The molecular formula is C26H27N5O5. The van der Waals surface area contributed by atoms with Gasteiger partial charge in [-0.25, -0.2) is 0 Å². The van der Waals surface area contributed by atoms with Crippen molar-refractivity contribution in [2.45, 2.75) is 43.7 Å². The number of ether oxygens (including phenoxy) is 1. The monoisotopic (exact) mass is 489 g/mol. The van der Waals surface area contributed by atoms with Crippen LogP contribution in [0.5, 0.6) is 5.75 Å². The molecule has 2 aromatic rings.